The summed E-state index contributed by atoms with van der Waals surface area (Å²) in [6.07, 6.45) is -0.559. The van der Waals surface area contributed by atoms with Gasteiger partial charge in [-0.1, -0.05) is 41.9 Å². The van der Waals surface area contributed by atoms with E-state index in [4.69, 9.17) is 16.1 Å². The van der Waals surface area contributed by atoms with Gasteiger partial charge in [0.05, 0.1) is 17.0 Å². The maximum absolute atomic E-state index is 12.7. The number of hydrogen-bond acceptors (Lipinski definition) is 7. The van der Waals surface area contributed by atoms with Gasteiger partial charge >= 0.3 is 0 Å². The Bertz CT molecular complexity index is 1200. The number of nitrogens with one attached hydrogen (secondary N) is 1. The van der Waals surface area contributed by atoms with Crippen LogP contribution in [-0.2, 0) is 19.6 Å². The Morgan fingerprint density at radius 2 is 2.00 bits per heavy atom. The van der Waals surface area contributed by atoms with Gasteiger partial charge in [0.1, 0.15) is 10.8 Å². The van der Waals surface area contributed by atoms with E-state index in [1.165, 1.54) is 22.8 Å². The standard InChI is InChI=1S/C20H19ClN2O5S2/c1-11-15(5-4-6-16(11)20-19(21)13(3)22-28-20)12(2)17(24)9-18(25)23-30(26,27)14-7-8-29-10-14/h4-8,10,12H,9H2,1-3H3,(H,23,25). The summed E-state index contributed by atoms with van der Waals surface area (Å²) in [5.41, 5.74) is 2.71. The zero-order chi connectivity index (χ0) is 22.1. The van der Waals surface area contributed by atoms with Crippen LogP contribution in [0, 0.1) is 13.8 Å². The first-order chi connectivity index (χ1) is 14.1. The van der Waals surface area contributed by atoms with E-state index in [0.29, 0.717) is 27.6 Å². The van der Waals surface area contributed by atoms with Crippen LogP contribution in [-0.4, -0.2) is 25.3 Å². The van der Waals surface area contributed by atoms with Crippen molar-refractivity contribution in [3.8, 4) is 11.3 Å². The fourth-order valence-electron chi connectivity index (χ4n) is 3.03. The zero-order valence-electron chi connectivity index (χ0n) is 16.4. The molecule has 0 bridgehead atoms. The molecular weight excluding hydrogens is 448 g/mol. The minimum absolute atomic E-state index is 0.0101. The van der Waals surface area contributed by atoms with Gasteiger partial charge in [0, 0.05) is 16.9 Å². The number of Topliss-reactive ketones (excluding diaryl/α,β-unsaturated/α-hetero) is 1. The van der Waals surface area contributed by atoms with E-state index in [0.717, 1.165) is 5.56 Å². The molecule has 10 heteroatoms. The van der Waals surface area contributed by atoms with Crippen molar-refractivity contribution in [3.05, 3.63) is 56.9 Å². The number of carbonyl (C=O) groups excluding carboxylic acids is 2. The van der Waals surface area contributed by atoms with Crippen molar-refractivity contribution in [3.63, 3.8) is 0 Å². The number of thiophene rings is 1. The van der Waals surface area contributed by atoms with Crippen molar-refractivity contribution in [1.82, 2.24) is 9.88 Å². The van der Waals surface area contributed by atoms with Crippen LogP contribution in [0.4, 0.5) is 0 Å². The molecule has 0 saturated heterocycles. The van der Waals surface area contributed by atoms with Gasteiger partial charge < -0.3 is 4.52 Å². The Morgan fingerprint density at radius 3 is 2.60 bits per heavy atom. The van der Waals surface area contributed by atoms with Gasteiger partial charge in [-0.15, -0.1) is 0 Å². The molecule has 0 aliphatic carbocycles. The molecular formula is C20H19ClN2O5S2. The lowest BCUT2D eigenvalue weighted by molar-refractivity contribution is -0.127. The Labute approximate surface area is 183 Å². The second-order valence-corrected chi connectivity index (χ2v) is 9.62. The maximum Gasteiger partial charge on any atom is 0.264 e. The first-order valence-corrected chi connectivity index (χ1v) is 11.7. The number of halogens is 1. The molecule has 0 fully saturated rings. The molecule has 0 aliphatic heterocycles. The smallest absolute Gasteiger partial charge is 0.264 e. The highest BCUT2D eigenvalue weighted by atomic mass is 35.5. The third-order valence-electron chi connectivity index (χ3n) is 4.75. The highest BCUT2D eigenvalue weighted by Gasteiger charge is 2.25. The summed E-state index contributed by atoms with van der Waals surface area (Å²) >= 11 is 7.44. The summed E-state index contributed by atoms with van der Waals surface area (Å²) < 4.78 is 31.5. The average molecular weight is 467 g/mol. The van der Waals surface area contributed by atoms with E-state index in [-0.39, 0.29) is 4.90 Å². The lowest BCUT2D eigenvalue weighted by Gasteiger charge is -2.16. The summed E-state index contributed by atoms with van der Waals surface area (Å²) in [5, 5.41) is 7.25. The first kappa shape index (κ1) is 22.2. The van der Waals surface area contributed by atoms with Crippen LogP contribution >= 0.6 is 22.9 Å². The molecule has 0 saturated carbocycles. The Kier molecular flexibility index (Phi) is 6.44. The predicted molar refractivity (Wildman–Crippen MR) is 114 cm³/mol. The number of carbonyl (C=O) groups is 2. The second-order valence-electron chi connectivity index (χ2n) is 6.78. The zero-order valence-corrected chi connectivity index (χ0v) is 18.8. The van der Waals surface area contributed by atoms with Gasteiger partial charge in [0.2, 0.25) is 5.91 Å². The number of rotatable bonds is 7. The third kappa shape index (κ3) is 4.48. The number of ketones is 1. The van der Waals surface area contributed by atoms with Gasteiger partial charge in [0.15, 0.2) is 5.76 Å². The summed E-state index contributed by atoms with van der Waals surface area (Å²) in [7, 11) is -3.98. The Morgan fingerprint density at radius 1 is 1.27 bits per heavy atom. The van der Waals surface area contributed by atoms with Gasteiger partial charge in [-0.2, -0.15) is 11.3 Å². The number of sulfonamides is 1. The quantitative estimate of drug-likeness (QED) is 0.522. The van der Waals surface area contributed by atoms with E-state index in [2.05, 4.69) is 5.16 Å². The number of aromatic nitrogens is 1. The minimum Gasteiger partial charge on any atom is -0.354 e. The molecule has 1 unspecified atom stereocenters. The van der Waals surface area contributed by atoms with Crippen molar-refractivity contribution >= 4 is 44.7 Å². The van der Waals surface area contributed by atoms with Gasteiger partial charge in [-0.25, -0.2) is 13.1 Å². The molecule has 0 radical (unpaired) electrons. The van der Waals surface area contributed by atoms with Crippen LogP contribution in [0.1, 0.15) is 36.1 Å². The normalized spacial score (nSPS) is 12.5. The Balaban J connectivity index is 1.77. The summed E-state index contributed by atoms with van der Waals surface area (Å²) in [4.78, 5) is 24.8. The minimum atomic E-state index is -3.98. The largest absolute Gasteiger partial charge is 0.354 e. The molecule has 7 nitrogen and oxygen atoms in total. The molecule has 1 atom stereocenters. The number of benzene rings is 1. The topological polar surface area (TPSA) is 106 Å². The number of aryl methyl sites for hydroxylation is 1. The van der Waals surface area contributed by atoms with Crippen molar-refractivity contribution in [2.24, 2.45) is 0 Å². The summed E-state index contributed by atoms with van der Waals surface area (Å²) in [6.45, 7) is 5.22. The number of hydrogen-bond donors (Lipinski definition) is 1. The van der Waals surface area contributed by atoms with Crippen LogP contribution in [0.2, 0.25) is 5.02 Å². The molecule has 1 N–H and O–H groups in total. The number of amides is 1. The molecule has 2 aromatic heterocycles. The van der Waals surface area contributed by atoms with E-state index < -0.39 is 34.1 Å². The SMILES string of the molecule is Cc1noc(-c2cccc(C(C)C(=O)CC(=O)NS(=O)(=O)c3ccsc3)c2C)c1Cl. The van der Waals surface area contributed by atoms with E-state index in [9.17, 15) is 18.0 Å². The van der Waals surface area contributed by atoms with Crippen molar-refractivity contribution < 1.29 is 22.5 Å². The molecule has 3 rings (SSSR count). The first-order valence-electron chi connectivity index (χ1n) is 8.94. The van der Waals surface area contributed by atoms with Gasteiger partial charge in [0.25, 0.3) is 10.0 Å². The van der Waals surface area contributed by atoms with Crippen LogP contribution in [0.25, 0.3) is 11.3 Å². The average Bonchev–Trinajstić information content (AvgIpc) is 3.33. The molecule has 30 heavy (non-hydrogen) atoms. The maximum atomic E-state index is 12.7. The highest BCUT2D eigenvalue weighted by Crippen LogP contribution is 2.35. The van der Waals surface area contributed by atoms with Crippen molar-refractivity contribution in [1.29, 1.82) is 0 Å². The van der Waals surface area contributed by atoms with Crippen LogP contribution < -0.4 is 4.72 Å². The summed E-state index contributed by atoms with van der Waals surface area (Å²) in [5.74, 6) is -1.51. The third-order valence-corrected chi connectivity index (χ3v) is 7.40. The van der Waals surface area contributed by atoms with Crippen LogP contribution in [0.3, 0.4) is 0 Å². The molecule has 0 aliphatic rings. The molecule has 1 aromatic carbocycles. The van der Waals surface area contributed by atoms with Crippen LogP contribution in [0.15, 0.2) is 44.4 Å². The Hall–Kier alpha value is -2.49. The monoisotopic (exact) mass is 466 g/mol. The molecule has 3 aromatic rings. The second kappa shape index (κ2) is 8.71. The van der Waals surface area contributed by atoms with Crippen LogP contribution in [0.5, 0.6) is 0 Å². The fourth-order valence-corrected chi connectivity index (χ4v) is 5.21. The lowest BCUT2D eigenvalue weighted by Crippen LogP contribution is -2.32. The molecule has 1 amide bonds. The highest BCUT2D eigenvalue weighted by molar-refractivity contribution is 7.90. The van der Waals surface area contributed by atoms with E-state index in [1.807, 2.05) is 17.7 Å². The van der Waals surface area contributed by atoms with Crippen molar-refractivity contribution in [2.45, 2.75) is 38.0 Å². The van der Waals surface area contributed by atoms with Crippen molar-refractivity contribution in [2.75, 3.05) is 0 Å². The predicted octanol–water partition coefficient (Wildman–Crippen LogP) is 4.24. The van der Waals surface area contributed by atoms with Gasteiger partial charge in [-0.3, -0.25) is 9.59 Å². The molecule has 0 spiro atoms. The van der Waals surface area contributed by atoms with E-state index >= 15 is 0 Å². The molecule has 158 valence electrons. The van der Waals surface area contributed by atoms with E-state index in [1.54, 1.807) is 31.4 Å². The molecule has 2 heterocycles. The summed E-state index contributed by atoms with van der Waals surface area (Å²) in [6, 6.07) is 6.73. The van der Waals surface area contributed by atoms with Gasteiger partial charge in [-0.05, 0) is 36.4 Å². The lowest BCUT2D eigenvalue weighted by atomic mass is 9.88. The number of nitrogens with zero attached hydrogens (tertiary/aromatic N) is 1. The fraction of sp³-hybridized carbons (Fsp3) is 0.250.